The molecule has 0 aliphatic heterocycles. The largest absolute Gasteiger partial charge is 0.543 e. The lowest BCUT2D eigenvalue weighted by atomic mass is 10.0. The number of carboxylic acid groups (broad SMARTS) is 1. The second kappa shape index (κ2) is 13.6. The number of carbonyl (C=O) groups excluding carboxylic acids is 3. The van der Waals surface area contributed by atoms with Gasteiger partial charge in [-0.2, -0.15) is 0 Å². The van der Waals surface area contributed by atoms with Crippen LogP contribution in [0.25, 0.3) is 0 Å². The Morgan fingerprint density at radius 2 is 1.62 bits per heavy atom. The molecule has 230 valence electrons. The molecule has 0 saturated carbocycles. The number of carboxylic acids is 1. The highest BCUT2D eigenvalue weighted by atomic mass is 35.5. The van der Waals surface area contributed by atoms with Gasteiger partial charge in [0.25, 0.3) is 11.8 Å². The van der Waals surface area contributed by atoms with E-state index in [4.69, 9.17) is 20.8 Å². The number of hydrogen-bond acceptors (Lipinski definition) is 6. The van der Waals surface area contributed by atoms with Gasteiger partial charge in [-0.3, -0.25) is 9.59 Å². The van der Waals surface area contributed by atoms with Gasteiger partial charge in [-0.1, -0.05) is 44.5 Å². The highest BCUT2D eigenvalue weighted by molar-refractivity contribution is 6.74. The zero-order valence-corrected chi connectivity index (χ0v) is 27.5. The van der Waals surface area contributed by atoms with Gasteiger partial charge in [0.05, 0.1) is 17.1 Å². The lowest BCUT2D eigenvalue weighted by Gasteiger charge is -2.36. The van der Waals surface area contributed by atoms with Gasteiger partial charge in [0.2, 0.25) is 8.32 Å². The predicted octanol–water partition coefficient (Wildman–Crippen LogP) is 5.67. The van der Waals surface area contributed by atoms with Gasteiger partial charge in [-0.25, -0.2) is 9.59 Å². The number of benzene rings is 2. The van der Waals surface area contributed by atoms with E-state index in [2.05, 4.69) is 49.8 Å². The molecule has 2 aromatic rings. The molecule has 2 rings (SSSR count). The van der Waals surface area contributed by atoms with Crippen LogP contribution < -0.4 is 20.4 Å². The van der Waals surface area contributed by atoms with Gasteiger partial charge in [-0.15, -0.1) is 0 Å². The van der Waals surface area contributed by atoms with Gasteiger partial charge >= 0.3 is 12.1 Å². The molecule has 0 aromatic heterocycles. The van der Waals surface area contributed by atoms with Crippen molar-refractivity contribution in [2.24, 2.45) is 0 Å². The summed E-state index contributed by atoms with van der Waals surface area (Å²) in [6.07, 6.45) is -0.817. The number of amides is 3. The molecule has 0 unspecified atom stereocenters. The molecule has 0 fully saturated rings. The van der Waals surface area contributed by atoms with Crippen molar-refractivity contribution < 1.29 is 33.4 Å². The third kappa shape index (κ3) is 10.1. The molecule has 42 heavy (non-hydrogen) atoms. The monoisotopic (exact) mass is 619 g/mol. The van der Waals surface area contributed by atoms with Crippen LogP contribution in [-0.2, 0) is 16.1 Å². The van der Waals surface area contributed by atoms with Crippen LogP contribution in [0.3, 0.4) is 0 Å². The number of hydrogen-bond donors (Lipinski definition) is 4. The Balaban J connectivity index is 2.09. The van der Waals surface area contributed by atoms with E-state index in [0.29, 0.717) is 5.56 Å². The Labute approximate surface area is 253 Å². The van der Waals surface area contributed by atoms with Crippen molar-refractivity contribution in [3.8, 4) is 5.75 Å². The summed E-state index contributed by atoms with van der Waals surface area (Å²) in [6, 6.07) is 8.99. The van der Waals surface area contributed by atoms with E-state index in [0.717, 1.165) is 11.3 Å². The molecule has 0 aliphatic rings. The first-order valence-electron chi connectivity index (χ1n) is 13.6. The number of ether oxygens (including phenoxy) is 1. The number of nitrogens with one attached hydrogen (secondary N) is 3. The van der Waals surface area contributed by atoms with Crippen LogP contribution >= 0.6 is 11.6 Å². The van der Waals surface area contributed by atoms with Gasteiger partial charge in [0.15, 0.2) is 0 Å². The quantitative estimate of drug-likeness (QED) is 0.251. The summed E-state index contributed by atoms with van der Waals surface area (Å²) < 4.78 is 11.5. The van der Waals surface area contributed by atoms with Crippen LogP contribution in [0.5, 0.6) is 5.75 Å². The zero-order valence-electron chi connectivity index (χ0n) is 25.7. The molecule has 0 bridgehead atoms. The Morgan fingerprint density at radius 3 is 2.17 bits per heavy atom. The van der Waals surface area contributed by atoms with E-state index >= 15 is 0 Å². The van der Waals surface area contributed by atoms with Gasteiger partial charge in [0, 0.05) is 12.1 Å². The van der Waals surface area contributed by atoms with E-state index in [1.165, 1.54) is 12.1 Å². The normalized spacial score (nSPS) is 12.6. The van der Waals surface area contributed by atoms with Crippen molar-refractivity contribution in [3.05, 3.63) is 63.7 Å². The Kier molecular flexibility index (Phi) is 11.2. The summed E-state index contributed by atoms with van der Waals surface area (Å²) >= 11 is 6.38. The molecule has 0 aliphatic carbocycles. The highest BCUT2D eigenvalue weighted by Gasteiger charge is 2.39. The number of alkyl carbamates (subject to hydrolysis) is 1. The van der Waals surface area contributed by atoms with Crippen LogP contribution in [0.4, 0.5) is 4.79 Å². The van der Waals surface area contributed by atoms with Crippen molar-refractivity contribution in [2.75, 3.05) is 6.54 Å². The van der Waals surface area contributed by atoms with E-state index in [9.17, 15) is 24.3 Å². The average Bonchev–Trinajstić information content (AvgIpc) is 2.82. The minimum Gasteiger partial charge on any atom is -0.543 e. The smallest absolute Gasteiger partial charge is 0.407 e. The summed E-state index contributed by atoms with van der Waals surface area (Å²) in [6.45, 7) is 17.3. The summed E-state index contributed by atoms with van der Waals surface area (Å²) in [4.78, 5) is 49.5. The summed E-state index contributed by atoms with van der Waals surface area (Å²) in [5.41, 5.74) is 0.724. The summed E-state index contributed by atoms with van der Waals surface area (Å²) in [5, 5.41) is 17.1. The molecule has 10 nitrogen and oxygen atoms in total. The van der Waals surface area contributed by atoms with Crippen LogP contribution in [0, 0.1) is 6.92 Å². The molecule has 0 saturated heterocycles. The fraction of sp³-hybridized carbons (Fsp3) is 0.467. The maximum Gasteiger partial charge on any atom is 0.407 e. The van der Waals surface area contributed by atoms with Crippen molar-refractivity contribution in [1.82, 2.24) is 16.0 Å². The first kappa shape index (κ1) is 34.6. The van der Waals surface area contributed by atoms with Crippen molar-refractivity contribution in [3.63, 3.8) is 0 Å². The van der Waals surface area contributed by atoms with Gasteiger partial charge in [0.1, 0.15) is 17.4 Å². The first-order chi connectivity index (χ1) is 19.2. The second-order valence-electron chi connectivity index (χ2n) is 12.6. The molecule has 0 spiro atoms. The Bertz CT molecular complexity index is 1310. The lowest BCUT2D eigenvalue weighted by Crippen LogP contribution is -2.49. The van der Waals surface area contributed by atoms with E-state index in [1.54, 1.807) is 27.7 Å². The van der Waals surface area contributed by atoms with Crippen molar-refractivity contribution in [1.29, 1.82) is 0 Å². The van der Waals surface area contributed by atoms with E-state index < -0.39 is 50.4 Å². The number of rotatable bonds is 10. The minimum absolute atomic E-state index is 0.0206. The number of aliphatic carboxylic acids is 1. The van der Waals surface area contributed by atoms with Crippen LogP contribution in [-0.4, -0.2) is 55.5 Å². The molecule has 0 radical (unpaired) electrons. The number of halogens is 1. The molecule has 12 heteroatoms. The predicted molar refractivity (Wildman–Crippen MR) is 165 cm³/mol. The van der Waals surface area contributed by atoms with Crippen LogP contribution in [0.15, 0.2) is 36.4 Å². The van der Waals surface area contributed by atoms with E-state index in [1.807, 2.05) is 24.3 Å². The third-order valence-corrected chi connectivity index (χ3v) is 11.4. The van der Waals surface area contributed by atoms with E-state index in [-0.39, 0.29) is 27.7 Å². The molecule has 1 atom stereocenters. The van der Waals surface area contributed by atoms with Crippen molar-refractivity contribution in [2.45, 2.75) is 84.8 Å². The highest BCUT2D eigenvalue weighted by Crippen LogP contribution is 2.37. The molecule has 0 heterocycles. The fourth-order valence-corrected chi connectivity index (χ4v) is 4.92. The summed E-state index contributed by atoms with van der Waals surface area (Å²) in [7, 11) is -2.02. The molecule has 2 aromatic carbocycles. The Hall–Kier alpha value is -3.57. The molecule has 3 amide bonds. The van der Waals surface area contributed by atoms with Crippen LogP contribution in [0.2, 0.25) is 23.2 Å². The second-order valence-corrected chi connectivity index (χ2v) is 17.7. The van der Waals surface area contributed by atoms with Crippen LogP contribution in [0.1, 0.15) is 73.4 Å². The third-order valence-electron chi connectivity index (χ3n) is 6.76. The summed E-state index contributed by atoms with van der Waals surface area (Å²) in [5.74, 6) is -1.76. The zero-order chi connectivity index (χ0) is 32.0. The lowest BCUT2D eigenvalue weighted by molar-refractivity contribution is -0.139. The SMILES string of the molecule is Cc1cc(C(=O)NCc2cccc(O[Si](C)(C)C(C)(C)C)c2)cc(Cl)c1C(=O)N[C@@H](CNC(=O)OC(C)(C)C)C(=O)O. The number of carbonyl (C=O) groups is 4. The first-order valence-corrected chi connectivity index (χ1v) is 16.9. The van der Waals surface area contributed by atoms with Crippen molar-refractivity contribution >= 4 is 43.8 Å². The topological polar surface area (TPSA) is 143 Å². The maximum absolute atomic E-state index is 12.9. The minimum atomic E-state index is -2.02. The number of aryl methyl sites for hydroxylation is 1. The molecule has 4 N–H and O–H groups in total. The van der Waals surface area contributed by atoms with Gasteiger partial charge < -0.3 is 30.2 Å². The van der Waals surface area contributed by atoms with Gasteiger partial charge in [-0.05, 0) is 81.2 Å². The molecular formula is C30H42ClN3O7Si. The fourth-order valence-electron chi connectivity index (χ4n) is 3.54. The maximum atomic E-state index is 12.9. The Morgan fingerprint density at radius 1 is 0.976 bits per heavy atom. The standard InChI is InChI=1S/C30H42ClN3O7Si/c1-18-13-20(25(35)32-16-19-11-10-12-21(14-19)41-42(8,9)30(5,6)7)15-22(31)24(18)26(36)34-23(27(37)38)17-33-28(39)40-29(2,3)4/h10-15,23H,16-17H2,1-9H3,(H,32,35)(H,33,39)(H,34,36)(H,37,38)/t23-/m0/s1. The molecular weight excluding hydrogens is 578 g/mol. The average molecular weight is 620 g/mol.